The van der Waals surface area contributed by atoms with Crippen LogP contribution >= 0.6 is 0 Å². The van der Waals surface area contributed by atoms with Crippen molar-refractivity contribution < 1.29 is 14.4 Å². The van der Waals surface area contributed by atoms with E-state index in [2.05, 4.69) is 31.6 Å². The van der Waals surface area contributed by atoms with Crippen LogP contribution in [0.3, 0.4) is 0 Å². The van der Waals surface area contributed by atoms with E-state index < -0.39 is 23.4 Å². The maximum atomic E-state index is 12.3. The summed E-state index contributed by atoms with van der Waals surface area (Å²) in [7, 11) is 0. The summed E-state index contributed by atoms with van der Waals surface area (Å²) in [5.74, 6) is -0.994. The van der Waals surface area contributed by atoms with Gasteiger partial charge >= 0.3 is 6.03 Å². The van der Waals surface area contributed by atoms with Gasteiger partial charge < -0.3 is 10.6 Å². The standard InChI is InChI=1S/C16H20N8O3/c1-4-16(3)14(26)24(15(27)19-16)20-13(25)8-17-11-5-6-12(10(2)7-11)23-9-18-21-22-23/h5-7,9,17H,4,8H2,1-3H3,(H,19,27)(H,20,25). The van der Waals surface area contributed by atoms with Gasteiger partial charge in [-0.25, -0.2) is 9.48 Å². The van der Waals surface area contributed by atoms with Crippen LogP contribution in [0.5, 0.6) is 0 Å². The molecule has 1 aliphatic heterocycles. The second kappa shape index (κ2) is 7.02. The van der Waals surface area contributed by atoms with Crippen LogP contribution in [0.25, 0.3) is 5.69 Å². The average molecular weight is 372 g/mol. The molecule has 11 nitrogen and oxygen atoms in total. The van der Waals surface area contributed by atoms with Crippen LogP contribution < -0.4 is 16.1 Å². The van der Waals surface area contributed by atoms with E-state index in [9.17, 15) is 14.4 Å². The lowest BCUT2D eigenvalue weighted by molar-refractivity contribution is -0.138. The Morgan fingerprint density at radius 3 is 2.70 bits per heavy atom. The molecule has 27 heavy (non-hydrogen) atoms. The lowest BCUT2D eigenvalue weighted by Crippen LogP contribution is -2.50. The number of benzene rings is 1. The quantitative estimate of drug-likeness (QED) is 0.614. The largest absolute Gasteiger partial charge is 0.376 e. The Morgan fingerprint density at radius 1 is 1.33 bits per heavy atom. The van der Waals surface area contributed by atoms with Crippen molar-refractivity contribution in [3.8, 4) is 5.69 Å². The molecule has 1 aromatic heterocycles. The summed E-state index contributed by atoms with van der Waals surface area (Å²) < 4.78 is 1.54. The second-order valence-corrected chi connectivity index (χ2v) is 6.40. The Morgan fingerprint density at radius 2 is 2.11 bits per heavy atom. The number of hydrazine groups is 1. The molecule has 142 valence electrons. The molecule has 3 N–H and O–H groups in total. The number of aromatic nitrogens is 4. The van der Waals surface area contributed by atoms with Crippen molar-refractivity contribution in [3.05, 3.63) is 30.1 Å². The summed E-state index contributed by atoms with van der Waals surface area (Å²) in [5.41, 5.74) is 3.75. The monoisotopic (exact) mass is 372 g/mol. The minimum absolute atomic E-state index is 0.108. The van der Waals surface area contributed by atoms with Gasteiger partial charge in [0, 0.05) is 5.69 Å². The van der Waals surface area contributed by atoms with Gasteiger partial charge in [-0.3, -0.25) is 15.0 Å². The van der Waals surface area contributed by atoms with E-state index in [-0.39, 0.29) is 6.54 Å². The molecule has 0 spiro atoms. The van der Waals surface area contributed by atoms with Gasteiger partial charge in [0.05, 0.1) is 12.2 Å². The van der Waals surface area contributed by atoms with Gasteiger partial charge in [-0.15, -0.1) is 5.10 Å². The van der Waals surface area contributed by atoms with E-state index in [1.54, 1.807) is 19.9 Å². The van der Waals surface area contributed by atoms with Crippen molar-refractivity contribution in [1.82, 2.24) is 36.0 Å². The van der Waals surface area contributed by atoms with Gasteiger partial charge in [-0.2, -0.15) is 5.01 Å². The maximum absolute atomic E-state index is 12.3. The van der Waals surface area contributed by atoms with E-state index in [0.29, 0.717) is 12.1 Å². The fourth-order valence-corrected chi connectivity index (χ4v) is 2.67. The number of anilines is 1. The van der Waals surface area contributed by atoms with Gasteiger partial charge in [0.1, 0.15) is 11.9 Å². The highest BCUT2D eigenvalue weighted by atomic mass is 16.2. The molecule has 0 saturated carbocycles. The summed E-state index contributed by atoms with van der Waals surface area (Å²) in [6, 6.07) is 4.79. The van der Waals surface area contributed by atoms with E-state index in [0.717, 1.165) is 16.3 Å². The third-order valence-corrected chi connectivity index (χ3v) is 4.45. The van der Waals surface area contributed by atoms with E-state index in [4.69, 9.17) is 0 Å². The Hall–Kier alpha value is -3.50. The first kappa shape index (κ1) is 18.3. The third kappa shape index (κ3) is 3.57. The Labute approximate surface area is 155 Å². The first-order chi connectivity index (χ1) is 12.8. The number of imide groups is 1. The lowest BCUT2D eigenvalue weighted by atomic mass is 10.00. The fourth-order valence-electron chi connectivity index (χ4n) is 2.67. The van der Waals surface area contributed by atoms with Gasteiger partial charge in [-0.05, 0) is 54.5 Å². The third-order valence-electron chi connectivity index (χ3n) is 4.45. The van der Waals surface area contributed by atoms with Crippen LogP contribution in [-0.4, -0.2) is 55.1 Å². The van der Waals surface area contributed by atoms with Gasteiger partial charge in [0.15, 0.2) is 0 Å². The number of carbonyl (C=O) groups is 3. The minimum atomic E-state index is -0.999. The normalized spacial score (nSPS) is 19.1. The minimum Gasteiger partial charge on any atom is -0.376 e. The van der Waals surface area contributed by atoms with E-state index in [1.807, 2.05) is 19.1 Å². The number of carbonyl (C=O) groups excluding carboxylic acids is 3. The Balaban J connectivity index is 1.59. The van der Waals surface area contributed by atoms with Crippen LogP contribution in [0.1, 0.15) is 25.8 Å². The smallest absolute Gasteiger partial charge is 0.344 e. The maximum Gasteiger partial charge on any atom is 0.344 e. The molecule has 0 bridgehead atoms. The summed E-state index contributed by atoms with van der Waals surface area (Å²) in [4.78, 5) is 36.3. The molecule has 11 heteroatoms. The highest BCUT2D eigenvalue weighted by Crippen LogP contribution is 2.19. The molecule has 1 aliphatic rings. The summed E-state index contributed by atoms with van der Waals surface area (Å²) in [5, 5.41) is 17.3. The predicted molar refractivity (Wildman–Crippen MR) is 94.6 cm³/mol. The van der Waals surface area contributed by atoms with Gasteiger partial charge in [0.2, 0.25) is 0 Å². The van der Waals surface area contributed by atoms with Crippen LogP contribution in [0.4, 0.5) is 10.5 Å². The number of hydrogen-bond acceptors (Lipinski definition) is 7. The van der Waals surface area contributed by atoms with Crippen molar-refractivity contribution in [2.75, 3.05) is 11.9 Å². The molecule has 1 saturated heterocycles. The van der Waals surface area contributed by atoms with Crippen molar-refractivity contribution in [2.45, 2.75) is 32.7 Å². The van der Waals surface area contributed by atoms with Gasteiger partial charge in [-0.1, -0.05) is 6.92 Å². The number of aryl methyl sites for hydroxylation is 1. The topological polar surface area (TPSA) is 134 Å². The van der Waals surface area contributed by atoms with Crippen LogP contribution in [0.15, 0.2) is 24.5 Å². The summed E-state index contributed by atoms with van der Waals surface area (Å²) in [6.07, 6.45) is 1.92. The summed E-state index contributed by atoms with van der Waals surface area (Å²) in [6.45, 7) is 5.18. The molecular formula is C16H20N8O3. The first-order valence-electron chi connectivity index (χ1n) is 8.38. The first-order valence-corrected chi connectivity index (χ1v) is 8.38. The van der Waals surface area contributed by atoms with Crippen molar-refractivity contribution in [2.24, 2.45) is 0 Å². The van der Waals surface area contributed by atoms with Crippen molar-refractivity contribution in [3.63, 3.8) is 0 Å². The highest BCUT2D eigenvalue weighted by molar-refractivity contribution is 6.07. The molecule has 1 fully saturated rings. The molecule has 2 aromatic rings. The Bertz CT molecular complexity index is 882. The number of tetrazole rings is 1. The predicted octanol–water partition coefficient (Wildman–Crippen LogP) is 0.134. The van der Waals surface area contributed by atoms with Crippen LogP contribution in [-0.2, 0) is 9.59 Å². The van der Waals surface area contributed by atoms with Gasteiger partial charge in [0.25, 0.3) is 11.8 Å². The van der Waals surface area contributed by atoms with Crippen LogP contribution in [0, 0.1) is 6.92 Å². The zero-order chi connectivity index (χ0) is 19.6. The number of amides is 4. The second-order valence-electron chi connectivity index (χ2n) is 6.40. The van der Waals surface area contributed by atoms with Crippen molar-refractivity contribution in [1.29, 1.82) is 0 Å². The lowest BCUT2D eigenvalue weighted by Gasteiger charge is -2.19. The average Bonchev–Trinajstić information content (AvgIpc) is 3.24. The molecular weight excluding hydrogens is 352 g/mol. The molecule has 1 aromatic carbocycles. The van der Waals surface area contributed by atoms with Crippen LogP contribution in [0.2, 0.25) is 0 Å². The summed E-state index contributed by atoms with van der Waals surface area (Å²) >= 11 is 0. The SMILES string of the molecule is CCC1(C)NC(=O)N(NC(=O)CNc2ccc(-n3cnnn3)c(C)c2)C1=O. The van der Waals surface area contributed by atoms with Crippen molar-refractivity contribution >= 4 is 23.5 Å². The molecule has 4 amide bonds. The molecule has 2 heterocycles. The fraction of sp³-hybridized carbons (Fsp3) is 0.375. The highest BCUT2D eigenvalue weighted by Gasteiger charge is 2.47. The zero-order valence-electron chi connectivity index (χ0n) is 15.2. The number of urea groups is 1. The molecule has 1 atom stereocenters. The zero-order valence-corrected chi connectivity index (χ0v) is 15.2. The number of hydrogen-bond donors (Lipinski definition) is 3. The number of nitrogens with one attached hydrogen (secondary N) is 3. The number of rotatable bonds is 6. The molecule has 1 unspecified atom stereocenters. The molecule has 0 aliphatic carbocycles. The van der Waals surface area contributed by atoms with E-state index in [1.165, 1.54) is 11.0 Å². The molecule has 3 rings (SSSR count). The van der Waals surface area contributed by atoms with E-state index >= 15 is 0 Å². The number of nitrogens with zero attached hydrogens (tertiary/aromatic N) is 5. The Kier molecular flexibility index (Phi) is 4.75. The molecule has 0 radical (unpaired) electrons.